The molecule has 0 bridgehead atoms. The van der Waals surface area contributed by atoms with Crippen molar-refractivity contribution in [3.63, 3.8) is 0 Å². The Labute approximate surface area is 154 Å². The van der Waals surface area contributed by atoms with Crippen LogP contribution in [0.5, 0.6) is 5.75 Å². The quantitative estimate of drug-likeness (QED) is 0.642. The van der Waals surface area contributed by atoms with Crippen molar-refractivity contribution >= 4 is 34.3 Å². The molecular formula is C18H16ClN3O4. The number of anilines is 1. The number of hydrogen-bond acceptors (Lipinski definition) is 6. The van der Waals surface area contributed by atoms with Crippen molar-refractivity contribution in [3.05, 3.63) is 53.6 Å². The van der Waals surface area contributed by atoms with Crippen molar-refractivity contribution in [2.45, 2.75) is 12.6 Å². The van der Waals surface area contributed by atoms with E-state index in [1.165, 1.54) is 0 Å². The zero-order valence-electron chi connectivity index (χ0n) is 13.7. The van der Waals surface area contributed by atoms with Gasteiger partial charge in [0.2, 0.25) is 0 Å². The number of amides is 1. The third kappa shape index (κ3) is 3.52. The van der Waals surface area contributed by atoms with Gasteiger partial charge in [0, 0.05) is 11.1 Å². The minimum Gasteiger partial charge on any atom is -0.487 e. The average molecular weight is 374 g/mol. The van der Waals surface area contributed by atoms with Gasteiger partial charge in [-0.15, -0.1) is 0 Å². The molecule has 3 heterocycles. The summed E-state index contributed by atoms with van der Waals surface area (Å²) in [5.41, 5.74) is 1.47. The predicted octanol–water partition coefficient (Wildman–Crippen LogP) is 3.58. The van der Waals surface area contributed by atoms with Crippen LogP contribution in [0.15, 0.2) is 47.1 Å². The van der Waals surface area contributed by atoms with Crippen LogP contribution in [0.4, 0.5) is 10.5 Å². The van der Waals surface area contributed by atoms with E-state index in [9.17, 15) is 4.79 Å². The van der Waals surface area contributed by atoms with Gasteiger partial charge in [0.05, 0.1) is 19.4 Å². The van der Waals surface area contributed by atoms with Gasteiger partial charge < -0.3 is 24.5 Å². The Morgan fingerprint density at radius 2 is 2.27 bits per heavy atom. The summed E-state index contributed by atoms with van der Waals surface area (Å²) in [5.74, 6) is 1.39. The molecule has 1 aliphatic rings. The van der Waals surface area contributed by atoms with Gasteiger partial charge in [0.25, 0.3) is 0 Å². The molecule has 0 aliphatic carbocycles. The Morgan fingerprint density at radius 1 is 1.35 bits per heavy atom. The number of hydrogen-bond donors (Lipinski definition) is 2. The minimum absolute atomic E-state index is 0.237. The largest absolute Gasteiger partial charge is 0.487 e. The van der Waals surface area contributed by atoms with E-state index in [1.54, 1.807) is 12.3 Å². The number of nitrogens with zero attached hydrogens (tertiary/aromatic N) is 1. The predicted molar refractivity (Wildman–Crippen MR) is 96.6 cm³/mol. The monoisotopic (exact) mass is 373 g/mol. The molecule has 0 radical (unpaired) electrons. The zero-order chi connectivity index (χ0) is 17.9. The first kappa shape index (κ1) is 16.5. The number of pyridine rings is 1. The van der Waals surface area contributed by atoms with Crippen LogP contribution in [0.3, 0.4) is 0 Å². The molecule has 2 aromatic heterocycles. The molecule has 7 nitrogen and oxygen atoms in total. The van der Waals surface area contributed by atoms with E-state index in [-0.39, 0.29) is 12.7 Å². The van der Waals surface area contributed by atoms with Crippen LogP contribution in [-0.4, -0.2) is 30.3 Å². The van der Waals surface area contributed by atoms with Crippen molar-refractivity contribution in [1.29, 1.82) is 0 Å². The summed E-state index contributed by atoms with van der Waals surface area (Å²) in [6, 6.07) is 11.1. The molecule has 1 amide bonds. The lowest BCUT2D eigenvalue weighted by Crippen LogP contribution is -2.22. The molecule has 3 aromatic rings. The highest BCUT2D eigenvalue weighted by molar-refractivity contribution is 6.30. The highest BCUT2D eigenvalue weighted by Gasteiger charge is 2.23. The van der Waals surface area contributed by atoms with Crippen LogP contribution in [0.2, 0.25) is 5.15 Å². The number of ether oxygens (including phenoxy) is 2. The van der Waals surface area contributed by atoms with E-state index in [0.29, 0.717) is 29.5 Å². The molecule has 1 saturated heterocycles. The third-order valence-electron chi connectivity index (χ3n) is 3.98. The Bertz CT molecular complexity index is 930. The Kier molecular flexibility index (Phi) is 4.53. The molecule has 1 aliphatic heterocycles. The first-order valence-corrected chi connectivity index (χ1v) is 8.49. The average Bonchev–Trinajstić information content (AvgIpc) is 3.29. The third-order valence-corrected chi connectivity index (χ3v) is 4.17. The van der Waals surface area contributed by atoms with Crippen LogP contribution >= 0.6 is 11.6 Å². The smallest absolute Gasteiger partial charge is 0.407 e. The fourth-order valence-electron chi connectivity index (χ4n) is 2.76. The lowest BCUT2D eigenvalue weighted by molar-refractivity contribution is 0.105. The second-order valence-corrected chi connectivity index (χ2v) is 6.18. The molecule has 2 N–H and O–H groups in total. The highest BCUT2D eigenvalue weighted by atomic mass is 35.5. The molecular weight excluding hydrogens is 358 g/mol. The van der Waals surface area contributed by atoms with Crippen molar-refractivity contribution < 1.29 is 18.7 Å². The van der Waals surface area contributed by atoms with Crippen LogP contribution < -0.4 is 15.4 Å². The molecule has 0 saturated carbocycles. The lowest BCUT2D eigenvalue weighted by Gasteiger charge is -2.14. The second-order valence-electron chi connectivity index (χ2n) is 5.80. The molecule has 8 heteroatoms. The summed E-state index contributed by atoms with van der Waals surface area (Å²) in [6.45, 7) is 1.19. The van der Waals surface area contributed by atoms with E-state index in [0.717, 1.165) is 16.8 Å². The molecule has 1 aromatic carbocycles. The van der Waals surface area contributed by atoms with Crippen molar-refractivity contribution in [3.8, 4) is 5.75 Å². The molecule has 26 heavy (non-hydrogen) atoms. The van der Waals surface area contributed by atoms with Gasteiger partial charge in [-0.1, -0.05) is 23.7 Å². The molecule has 4 rings (SSSR count). The van der Waals surface area contributed by atoms with Crippen LogP contribution in [0.25, 0.3) is 10.9 Å². The number of nitrogens with one attached hydrogen (secondary N) is 2. The lowest BCUT2D eigenvalue weighted by atomic mass is 10.1. The van der Waals surface area contributed by atoms with Crippen LogP contribution in [-0.2, 0) is 11.3 Å². The molecule has 0 spiro atoms. The first-order valence-electron chi connectivity index (χ1n) is 8.12. The Morgan fingerprint density at radius 3 is 3.04 bits per heavy atom. The summed E-state index contributed by atoms with van der Waals surface area (Å²) in [5, 5.41) is 7.13. The fraction of sp³-hybridized carbons (Fsp3) is 0.222. The first-order chi connectivity index (χ1) is 12.7. The number of halogens is 1. The minimum atomic E-state index is -0.429. The van der Waals surface area contributed by atoms with Gasteiger partial charge in [-0.25, -0.2) is 9.78 Å². The van der Waals surface area contributed by atoms with Crippen molar-refractivity contribution in [2.75, 3.05) is 18.5 Å². The van der Waals surface area contributed by atoms with Gasteiger partial charge in [-0.05, 0) is 24.3 Å². The number of carbonyl (C=O) groups is 1. The summed E-state index contributed by atoms with van der Waals surface area (Å²) < 4.78 is 16.2. The van der Waals surface area contributed by atoms with E-state index < -0.39 is 6.09 Å². The van der Waals surface area contributed by atoms with E-state index in [4.69, 9.17) is 25.5 Å². The summed E-state index contributed by atoms with van der Waals surface area (Å²) >= 11 is 6.19. The summed E-state index contributed by atoms with van der Waals surface area (Å²) in [4.78, 5) is 15.5. The SMILES string of the molecule is O=C1NC[C@H](COc2cccc3c(NCc4ccco4)cc(Cl)nc23)O1. The summed E-state index contributed by atoms with van der Waals surface area (Å²) in [6.07, 6.45) is 0.876. The number of aromatic nitrogens is 1. The molecule has 0 unspecified atom stereocenters. The number of alkyl carbamates (subject to hydrolysis) is 1. The normalized spacial score (nSPS) is 16.3. The number of fused-ring (bicyclic) bond motifs is 1. The topological polar surface area (TPSA) is 85.6 Å². The van der Waals surface area contributed by atoms with Gasteiger partial charge in [-0.3, -0.25) is 0 Å². The van der Waals surface area contributed by atoms with Crippen LogP contribution in [0.1, 0.15) is 5.76 Å². The summed E-state index contributed by atoms with van der Waals surface area (Å²) in [7, 11) is 0. The number of carbonyl (C=O) groups excluding carboxylic acids is 1. The van der Waals surface area contributed by atoms with Crippen molar-refractivity contribution in [2.24, 2.45) is 0 Å². The standard InChI is InChI=1S/C18H16ClN3O4/c19-16-7-14(20-8-11-3-2-6-24-11)13-4-1-5-15(17(13)22-16)25-10-12-9-21-18(23)26-12/h1-7,12H,8-10H2,(H,20,22)(H,21,23)/t12-/m1/s1. The van der Waals surface area contributed by atoms with E-state index in [2.05, 4.69) is 15.6 Å². The maximum atomic E-state index is 11.1. The maximum Gasteiger partial charge on any atom is 0.407 e. The fourth-order valence-corrected chi connectivity index (χ4v) is 2.95. The molecule has 1 atom stereocenters. The number of benzene rings is 1. The number of cyclic esters (lactones) is 1. The Hall–Kier alpha value is -2.93. The number of furan rings is 1. The van der Waals surface area contributed by atoms with Crippen LogP contribution in [0, 0.1) is 0 Å². The Balaban J connectivity index is 1.57. The molecule has 134 valence electrons. The van der Waals surface area contributed by atoms with Crippen molar-refractivity contribution in [1.82, 2.24) is 10.3 Å². The van der Waals surface area contributed by atoms with Gasteiger partial charge in [0.1, 0.15) is 28.8 Å². The number of rotatable bonds is 6. The zero-order valence-corrected chi connectivity index (χ0v) is 14.5. The molecule has 1 fully saturated rings. The highest BCUT2D eigenvalue weighted by Crippen LogP contribution is 2.32. The maximum absolute atomic E-state index is 11.1. The van der Waals surface area contributed by atoms with E-state index in [1.807, 2.05) is 30.3 Å². The van der Waals surface area contributed by atoms with Gasteiger partial charge >= 0.3 is 6.09 Å². The van der Waals surface area contributed by atoms with Gasteiger partial charge in [0.15, 0.2) is 6.10 Å². The van der Waals surface area contributed by atoms with Gasteiger partial charge in [-0.2, -0.15) is 0 Å². The second kappa shape index (κ2) is 7.13. The number of para-hydroxylation sites is 1. The van der Waals surface area contributed by atoms with E-state index >= 15 is 0 Å².